The lowest BCUT2D eigenvalue weighted by atomic mass is 10.2. The van der Waals surface area contributed by atoms with E-state index in [1.807, 2.05) is 0 Å². The average Bonchev–Trinajstić information content (AvgIpc) is 2.39. The minimum atomic E-state index is -0.870. The molecular weight excluding hydrogens is 256 g/mol. The molecule has 20 heavy (non-hydrogen) atoms. The van der Waals surface area contributed by atoms with Crippen molar-refractivity contribution >= 4 is 11.9 Å². The van der Waals surface area contributed by atoms with Crippen LogP contribution in [0.4, 0.5) is 0 Å². The summed E-state index contributed by atoms with van der Waals surface area (Å²) in [6, 6.07) is 0. The van der Waals surface area contributed by atoms with E-state index >= 15 is 0 Å². The first-order valence-corrected chi connectivity index (χ1v) is 7.63. The van der Waals surface area contributed by atoms with Gasteiger partial charge >= 0.3 is 11.9 Å². The molecule has 0 saturated heterocycles. The Morgan fingerprint density at radius 1 is 0.750 bits per heavy atom. The van der Waals surface area contributed by atoms with E-state index in [9.17, 15) is 9.59 Å². The summed E-state index contributed by atoms with van der Waals surface area (Å²) in [5, 5.41) is 16.3. The number of unbranched alkanes of at least 4 members (excludes halogenated alkanes) is 5. The van der Waals surface area contributed by atoms with Crippen LogP contribution in [0.3, 0.4) is 0 Å². The molecule has 0 aromatic carbocycles. The maximum atomic E-state index is 9.90. The molecule has 118 valence electrons. The molecule has 0 heterocycles. The minimum absolute atomic E-state index is 0.0628. The molecule has 0 rings (SSSR count). The molecule has 2 N–H and O–H groups in total. The predicted octanol–water partition coefficient (Wildman–Crippen LogP) is 4.64. The molecule has 0 fully saturated rings. The standard InChI is InChI=1S/C10H20.C6H10O4/c1-3-5-7-9-10-8-6-4-2;7-5(8)3-1-2-4-6(9)10/h9-10H,3-8H2,1-2H3;1-4H2,(H,7,8)(H,9,10). The summed E-state index contributed by atoms with van der Waals surface area (Å²) in [6.07, 6.45) is 13.5. The van der Waals surface area contributed by atoms with Crippen molar-refractivity contribution in [3.05, 3.63) is 12.2 Å². The van der Waals surface area contributed by atoms with Gasteiger partial charge in [-0.05, 0) is 25.7 Å². The summed E-state index contributed by atoms with van der Waals surface area (Å²) < 4.78 is 0. The Bertz CT molecular complexity index is 233. The number of carboxylic acid groups (broad SMARTS) is 2. The first kappa shape index (κ1) is 21.0. The summed E-state index contributed by atoms with van der Waals surface area (Å²) >= 11 is 0. The smallest absolute Gasteiger partial charge is 0.303 e. The van der Waals surface area contributed by atoms with Gasteiger partial charge in [-0.15, -0.1) is 0 Å². The Labute approximate surface area is 122 Å². The van der Waals surface area contributed by atoms with Gasteiger partial charge in [-0.3, -0.25) is 9.59 Å². The normalized spacial score (nSPS) is 10.1. The van der Waals surface area contributed by atoms with E-state index in [4.69, 9.17) is 10.2 Å². The van der Waals surface area contributed by atoms with Gasteiger partial charge in [0, 0.05) is 12.8 Å². The second kappa shape index (κ2) is 17.7. The van der Waals surface area contributed by atoms with Gasteiger partial charge in [-0.2, -0.15) is 0 Å². The van der Waals surface area contributed by atoms with E-state index < -0.39 is 11.9 Å². The van der Waals surface area contributed by atoms with Gasteiger partial charge in [0.15, 0.2) is 0 Å². The highest BCUT2D eigenvalue weighted by atomic mass is 16.4. The largest absolute Gasteiger partial charge is 0.481 e. The van der Waals surface area contributed by atoms with E-state index in [-0.39, 0.29) is 12.8 Å². The van der Waals surface area contributed by atoms with Crippen LogP contribution in [-0.4, -0.2) is 22.2 Å². The summed E-state index contributed by atoms with van der Waals surface area (Å²) in [5.41, 5.74) is 0. The Hall–Kier alpha value is -1.32. The van der Waals surface area contributed by atoms with Crippen LogP contribution in [0.5, 0.6) is 0 Å². The number of allylic oxidation sites excluding steroid dienone is 2. The second-order valence-corrected chi connectivity index (χ2v) is 4.75. The van der Waals surface area contributed by atoms with Crippen LogP contribution in [-0.2, 0) is 9.59 Å². The summed E-state index contributed by atoms with van der Waals surface area (Å²) in [5.74, 6) is -1.74. The molecule has 0 bridgehead atoms. The van der Waals surface area contributed by atoms with Crippen LogP contribution in [0.15, 0.2) is 12.2 Å². The highest BCUT2D eigenvalue weighted by Crippen LogP contribution is 1.99. The number of carbonyl (C=O) groups is 2. The molecular formula is C16H30O4. The lowest BCUT2D eigenvalue weighted by molar-refractivity contribution is -0.139. The van der Waals surface area contributed by atoms with E-state index in [1.165, 1.54) is 38.5 Å². The third-order valence-corrected chi connectivity index (χ3v) is 2.65. The van der Waals surface area contributed by atoms with Crippen LogP contribution in [0.2, 0.25) is 0 Å². The number of aliphatic carboxylic acids is 2. The molecule has 0 unspecified atom stereocenters. The summed E-state index contributed by atoms with van der Waals surface area (Å²) in [4.78, 5) is 19.8. The molecule has 0 aliphatic rings. The van der Waals surface area contributed by atoms with Gasteiger partial charge < -0.3 is 10.2 Å². The molecule has 0 aliphatic heterocycles. The molecule has 0 aromatic heterocycles. The lowest BCUT2D eigenvalue weighted by Crippen LogP contribution is -1.97. The molecule has 4 nitrogen and oxygen atoms in total. The molecule has 0 saturated carbocycles. The van der Waals surface area contributed by atoms with Gasteiger partial charge in [0.1, 0.15) is 0 Å². The molecule has 0 spiro atoms. The van der Waals surface area contributed by atoms with Crippen LogP contribution in [0.25, 0.3) is 0 Å². The molecule has 0 aromatic rings. The van der Waals surface area contributed by atoms with Gasteiger partial charge in [-0.1, -0.05) is 51.7 Å². The monoisotopic (exact) mass is 286 g/mol. The predicted molar refractivity (Wildman–Crippen MR) is 81.9 cm³/mol. The molecule has 4 heteroatoms. The quantitative estimate of drug-likeness (QED) is 0.428. The first-order valence-electron chi connectivity index (χ1n) is 7.63. The van der Waals surface area contributed by atoms with E-state index in [1.54, 1.807) is 0 Å². The van der Waals surface area contributed by atoms with Crippen LogP contribution >= 0.6 is 0 Å². The van der Waals surface area contributed by atoms with Crippen molar-refractivity contribution in [2.75, 3.05) is 0 Å². The first-order chi connectivity index (χ1) is 9.54. The average molecular weight is 286 g/mol. The Kier molecular flexibility index (Phi) is 18.6. The Morgan fingerprint density at radius 3 is 1.35 bits per heavy atom. The van der Waals surface area contributed by atoms with Crippen LogP contribution in [0, 0.1) is 0 Å². The van der Waals surface area contributed by atoms with Gasteiger partial charge in [-0.25, -0.2) is 0 Å². The van der Waals surface area contributed by atoms with E-state index in [0.29, 0.717) is 12.8 Å². The number of rotatable bonds is 11. The highest BCUT2D eigenvalue weighted by Gasteiger charge is 1.99. The Morgan fingerprint density at radius 2 is 1.10 bits per heavy atom. The lowest BCUT2D eigenvalue weighted by Gasteiger charge is -1.92. The summed E-state index contributed by atoms with van der Waals surface area (Å²) in [6.45, 7) is 4.47. The van der Waals surface area contributed by atoms with Crippen LogP contribution in [0.1, 0.15) is 78.1 Å². The Balaban J connectivity index is 0. The maximum Gasteiger partial charge on any atom is 0.303 e. The third kappa shape index (κ3) is 25.5. The molecule has 0 aliphatic carbocycles. The number of carboxylic acids is 2. The second-order valence-electron chi connectivity index (χ2n) is 4.75. The number of hydrogen-bond acceptors (Lipinski definition) is 2. The van der Waals surface area contributed by atoms with Crippen molar-refractivity contribution in [3.63, 3.8) is 0 Å². The zero-order valence-corrected chi connectivity index (χ0v) is 12.9. The zero-order valence-electron chi connectivity index (χ0n) is 12.9. The van der Waals surface area contributed by atoms with Crippen molar-refractivity contribution in [2.24, 2.45) is 0 Å². The zero-order chi connectivity index (χ0) is 15.6. The van der Waals surface area contributed by atoms with Crippen LogP contribution < -0.4 is 0 Å². The van der Waals surface area contributed by atoms with Crippen molar-refractivity contribution in [1.29, 1.82) is 0 Å². The van der Waals surface area contributed by atoms with Gasteiger partial charge in [0.2, 0.25) is 0 Å². The fraction of sp³-hybridized carbons (Fsp3) is 0.750. The number of hydrogen-bond donors (Lipinski definition) is 2. The topological polar surface area (TPSA) is 74.6 Å². The highest BCUT2D eigenvalue weighted by molar-refractivity contribution is 5.67. The molecule has 0 radical (unpaired) electrons. The molecule has 0 atom stereocenters. The van der Waals surface area contributed by atoms with Crippen molar-refractivity contribution in [1.82, 2.24) is 0 Å². The van der Waals surface area contributed by atoms with Gasteiger partial charge in [0.25, 0.3) is 0 Å². The van der Waals surface area contributed by atoms with Gasteiger partial charge in [0.05, 0.1) is 0 Å². The maximum absolute atomic E-state index is 9.90. The van der Waals surface area contributed by atoms with Crippen molar-refractivity contribution < 1.29 is 19.8 Å². The fourth-order valence-electron chi connectivity index (χ4n) is 1.43. The SMILES string of the molecule is CCCCC=CCCCC.O=C(O)CCCCC(=O)O. The van der Waals surface area contributed by atoms with E-state index in [2.05, 4.69) is 26.0 Å². The summed E-state index contributed by atoms with van der Waals surface area (Å²) in [7, 11) is 0. The van der Waals surface area contributed by atoms with Crippen molar-refractivity contribution in [3.8, 4) is 0 Å². The fourth-order valence-corrected chi connectivity index (χ4v) is 1.43. The third-order valence-electron chi connectivity index (χ3n) is 2.65. The minimum Gasteiger partial charge on any atom is -0.481 e. The van der Waals surface area contributed by atoms with E-state index in [0.717, 1.165) is 0 Å². The molecule has 0 amide bonds. The van der Waals surface area contributed by atoms with Crippen molar-refractivity contribution in [2.45, 2.75) is 78.1 Å².